The Kier molecular flexibility index (Phi) is 5.65. The summed E-state index contributed by atoms with van der Waals surface area (Å²) in [6.45, 7) is 7.67. The molecule has 0 radical (unpaired) electrons. The van der Waals surface area contributed by atoms with Gasteiger partial charge in [-0.3, -0.25) is 0 Å². The van der Waals surface area contributed by atoms with E-state index in [1.807, 2.05) is 6.07 Å². The first-order valence-corrected chi connectivity index (χ1v) is 6.87. The van der Waals surface area contributed by atoms with E-state index in [0.29, 0.717) is 6.04 Å². The van der Waals surface area contributed by atoms with Gasteiger partial charge in [0.15, 0.2) is 0 Å². The zero-order valence-electron chi connectivity index (χ0n) is 9.72. The van der Waals surface area contributed by atoms with Crippen LogP contribution in [0.1, 0.15) is 44.5 Å². The third-order valence-electron chi connectivity index (χ3n) is 2.44. The molecule has 0 amide bonds. The minimum atomic E-state index is 0.435. The highest BCUT2D eigenvalue weighted by molar-refractivity contribution is 7.10. The molecular formula is C12H20ClNS. The van der Waals surface area contributed by atoms with Crippen molar-refractivity contribution in [2.45, 2.75) is 39.7 Å². The van der Waals surface area contributed by atoms with Crippen molar-refractivity contribution in [2.75, 3.05) is 6.54 Å². The SMILES string of the molecule is CCNC(CCC(C)C)c1sccc1Cl. The Balaban J connectivity index is 2.61. The molecule has 0 saturated heterocycles. The minimum Gasteiger partial charge on any atom is -0.309 e. The van der Waals surface area contributed by atoms with Crippen LogP contribution in [0.3, 0.4) is 0 Å². The van der Waals surface area contributed by atoms with Gasteiger partial charge in [-0.25, -0.2) is 0 Å². The van der Waals surface area contributed by atoms with E-state index in [-0.39, 0.29) is 0 Å². The molecule has 0 aliphatic carbocycles. The van der Waals surface area contributed by atoms with Crippen molar-refractivity contribution in [3.8, 4) is 0 Å². The molecule has 1 nitrogen and oxygen atoms in total. The van der Waals surface area contributed by atoms with Crippen molar-refractivity contribution in [3.63, 3.8) is 0 Å². The molecule has 15 heavy (non-hydrogen) atoms. The topological polar surface area (TPSA) is 12.0 Å². The molecule has 1 heterocycles. The Morgan fingerprint density at radius 2 is 2.13 bits per heavy atom. The van der Waals surface area contributed by atoms with E-state index in [4.69, 9.17) is 11.6 Å². The zero-order chi connectivity index (χ0) is 11.3. The number of rotatable bonds is 6. The Morgan fingerprint density at radius 3 is 2.60 bits per heavy atom. The molecular weight excluding hydrogens is 226 g/mol. The monoisotopic (exact) mass is 245 g/mol. The average Bonchev–Trinajstić information content (AvgIpc) is 2.59. The fraction of sp³-hybridized carbons (Fsp3) is 0.667. The van der Waals surface area contributed by atoms with E-state index in [2.05, 4.69) is 31.5 Å². The molecule has 0 saturated carbocycles. The summed E-state index contributed by atoms with van der Waals surface area (Å²) < 4.78 is 0. The van der Waals surface area contributed by atoms with Gasteiger partial charge in [0.25, 0.3) is 0 Å². The average molecular weight is 246 g/mol. The van der Waals surface area contributed by atoms with Crippen LogP contribution in [-0.4, -0.2) is 6.54 Å². The Labute approximate surface area is 102 Å². The molecule has 1 aromatic rings. The highest BCUT2D eigenvalue weighted by atomic mass is 35.5. The lowest BCUT2D eigenvalue weighted by atomic mass is 10.0. The zero-order valence-corrected chi connectivity index (χ0v) is 11.3. The number of hydrogen-bond donors (Lipinski definition) is 1. The van der Waals surface area contributed by atoms with Gasteiger partial charge in [-0.2, -0.15) is 0 Å². The molecule has 1 atom stereocenters. The number of hydrogen-bond acceptors (Lipinski definition) is 2. The number of thiophene rings is 1. The van der Waals surface area contributed by atoms with Gasteiger partial charge >= 0.3 is 0 Å². The molecule has 0 aromatic carbocycles. The fourth-order valence-corrected chi connectivity index (χ4v) is 2.93. The van der Waals surface area contributed by atoms with Gasteiger partial charge in [0, 0.05) is 10.9 Å². The van der Waals surface area contributed by atoms with Gasteiger partial charge in [-0.1, -0.05) is 32.4 Å². The summed E-state index contributed by atoms with van der Waals surface area (Å²) in [4.78, 5) is 1.29. The second-order valence-electron chi connectivity index (χ2n) is 4.21. The third kappa shape index (κ3) is 4.13. The summed E-state index contributed by atoms with van der Waals surface area (Å²) in [5.74, 6) is 0.755. The van der Waals surface area contributed by atoms with Crippen molar-refractivity contribution in [1.29, 1.82) is 0 Å². The van der Waals surface area contributed by atoms with E-state index >= 15 is 0 Å². The Hall–Kier alpha value is -0.0500. The standard InChI is InChI=1S/C12H20ClNS/c1-4-14-11(6-5-9(2)3)12-10(13)7-8-15-12/h7-9,11,14H,4-6H2,1-3H3. The first-order chi connectivity index (χ1) is 7.15. The van der Waals surface area contributed by atoms with Gasteiger partial charge in [-0.15, -0.1) is 11.3 Å². The van der Waals surface area contributed by atoms with Crippen LogP contribution in [0.2, 0.25) is 5.02 Å². The molecule has 1 rings (SSSR count). The van der Waals surface area contributed by atoms with E-state index in [9.17, 15) is 0 Å². The van der Waals surface area contributed by atoms with Crippen LogP contribution in [-0.2, 0) is 0 Å². The highest BCUT2D eigenvalue weighted by Crippen LogP contribution is 2.31. The van der Waals surface area contributed by atoms with Gasteiger partial charge < -0.3 is 5.32 Å². The highest BCUT2D eigenvalue weighted by Gasteiger charge is 2.15. The third-order valence-corrected chi connectivity index (χ3v) is 3.92. The lowest BCUT2D eigenvalue weighted by molar-refractivity contribution is 0.453. The van der Waals surface area contributed by atoms with Crippen LogP contribution in [0.15, 0.2) is 11.4 Å². The molecule has 1 unspecified atom stereocenters. The molecule has 3 heteroatoms. The maximum absolute atomic E-state index is 6.16. The second kappa shape index (κ2) is 6.51. The van der Waals surface area contributed by atoms with Crippen LogP contribution >= 0.6 is 22.9 Å². The summed E-state index contributed by atoms with van der Waals surface area (Å²) in [6.07, 6.45) is 2.41. The Morgan fingerprint density at radius 1 is 1.40 bits per heavy atom. The fourth-order valence-electron chi connectivity index (χ4n) is 1.63. The van der Waals surface area contributed by atoms with Gasteiger partial charge in [0.05, 0.1) is 5.02 Å². The first-order valence-electron chi connectivity index (χ1n) is 5.61. The molecule has 1 aromatic heterocycles. The minimum absolute atomic E-state index is 0.435. The summed E-state index contributed by atoms with van der Waals surface area (Å²) in [5, 5.41) is 6.49. The largest absolute Gasteiger partial charge is 0.309 e. The van der Waals surface area contributed by atoms with Gasteiger partial charge in [0.2, 0.25) is 0 Å². The van der Waals surface area contributed by atoms with Crippen molar-refractivity contribution in [1.82, 2.24) is 5.32 Å². The van der Waals surface area contributed by atoms with Crippen LogP contribution < -0.4 is 5.32 Å². The smallest absolute Gasteiger partial charge is 0.0561 e. The summed E-state index contributed by atoms with van der Waals surface area (Å²) in [7, 11) is 0. The predicted octanol–water partition coefficient (Wildman–Crippen LogP) is 4.49. The summed E-state index contributed by atoms with van der Waals surface area (Å²) >= 11 is 7.91. The molecule has 1 N–H and O–H groups in total. The van der Waals surface area contributed by atoms with Crippen LogP contribution in [0.25, 0.3) is 0 Å². The number of nitrogens with one attached hydrogen (secondary N) is 1. The van der Waals surface area contributed by atoms with Crippen LogP contribution in [0.5, 0.6) is 0 Å². The van der Waals surface area contributed by atoms with E-state index in [1.54, 1.807) is 11.3 Å². The molecule has 0 fully saturated rings. The van der Waals surface area contributed by atoms with Crippen molar-refractivity contribution in [2.24, 2.45) is 5.92 Å². The van der Waals surface area contributed by atoms with Crippen molar-refractivity contribution < 1.29 is 0 Å². The van der Waals surface area contributed by atoms with Crippen LogP contribution in [0, 0.1) is 5.92 Å². The molecule has 0 bridgehead atoms. The van der Waals surface area contributed by atoms with Gasteiger partial charge in [-0.05, 0) is 36.8 Å². The first kappa shape index (κ1) is 13.0. The lowest BCUT2D eigenvalue weighted by Gasteiger charge is -2.18. The van der Waals surface area contributed by atoms with Crippen molar-refractivity contribution in [3.05, 3.63) is 21.3 Å². The molecule has 0 aliphatic heterocycles. The predicted molar refractivity (Wildman–Crippen MR) is 69.8 cm³/mol. The molecule has 0 aliphatic rings. The summed E-state index contributed by atoms with van der Waals surface area (Å²) in [6, 6.07) is 2.42. The molecule has 86 valence electrons. The molecule has 0 spiro atoms. The number of halogens is 1. The maximum atomic E-state index is 6.16. The summed E-state index contributed by atoms with van der Waals surface area (Å²) in [5.41, 5.74) is 0. The Bertz CT molecular complexity index is 283. The van der Waals surface area contributed by atoms with Crippen molar-refractivity contribution >= 4 is 22.9 Å². The van der Waals surface area contributed by atoms with E-state index in [1.165, 1.54) is 17.7 Å². The van der Waals surface area contributed by atoms with E-state index < -0.39 is 0 Å². The van der Waals surface area contributed by atoms with E-state index in [0.717, 1.165) is 17.5 Å². The second-order valence-corrected chi connectivity index (χ2v) is 5.57. The quantitative estimate of drug-likeness (QED) is 0.779. The van der Waals surface area contributed by atoms with Gasteiger partial charge in [0.1, 0.15) is 0 Å². The normalized spacial score (nSPS) is 13.4. The maximum Gasteiger partial charge on any atom is 0.0561 e. The van der Waals surface area contributed by atoms with Crippen LogP contribution in [0.4, 0.5) is 0 Å². The lowest BCUT2D eigenvalue weighted by Crippen LogP contribution is -2.20.